The minimum atomic E-state index is -3.69. The normalized spacial score (nSPS) is 17.4. The molecule has 4 nitrogen and oxygen atoms in total. The van der Waals surface area contributed by atoms with Gasteiger partial charge in [-0.2, -0.15) is 0 Å². The summed E-state index contributed by atoms with van der Waals surface area (Å²) in [6, 6.07) is 3.08. The van der Waals surface area contributed by atoms with Gasteiger partial charge in [-0.3, -0.25) is 0 Å². The molecule has 1 fully saturated rings. The van der Waals surface area contributed by atoms with Crippen molar-refractivity contribution in [2.75, 3.05) is 26.7 Å². The van der Waals surface area contributed by atoms with Gasteiger partial charge in [-0.1, -0.05) is 39.1 Å². The zero-order chi connectivity index (χ0) is 15.6. The molecule has 21 heavy (non-hydrogen) atoms. The van der Waals surface area contributed by atoms with Crippen molar-refractivity contribution in [1.82, 2.24) is 9.62 Å². The van der Waals surface area contributed by atoms with Crippen molar-refractivity contribution in [2.45, 2.75) is 17.7 Å². The topological polar surface area (TPSA) is 49.4 Å². The van der Waals surface area contributed by atoms with Gasteiger partial charge < -0.3 is 5.32 Å². The van der Waals surface area contributed by atoms with Crippen molar-refractivity contribution >= 4 is 49.2 Å². The van der Waals surface area contributed by atoms with E-state index in [4.69, 9.17) is 23.2 Å². The average molecular weight is 416 g/mol. The molecule has 0 unspecified atom stereocenters. The monoisotopic (exact) mass is 414 g/mol. The molecule has 8 heteroatoms. The van der Waals surface area contributed by atoms with Crippen LogP contribution in [0.25, 0.3) is 0 Å². The van der Waals surface area contributed by atoms with Crippen molar-refractivity contribution in [3.8, 4) is 0 Å². The fourth-order valence-electron chi connectivity index (χ4n) is 2.46. The minimum Gasteiger partial charge on any atom is -0.317 e. The van der Waals surface area contributed by atoms with Crippen molar-refractivity contribution < 1.29 is 8.42 Å². The molecule has 0 bridgehead atoms. The third-order valence-electron chi connectivity index (χ3n) is 3.61. The number of rotatable bonds is 4. The second kappa shape index (κ2) is 7.15. The lowest BCUT2D eigenvalue weighted by molar-refractivity contribution is 0.311. The molecule has 0 aromatic heterocycles. The fourth-order valence-corrected chi connectivity index (χ4v) is 5.58. The van der Waals surface area contributed by atoms with Gasteiger partial charge in [0, 0.05) is 18.1 Å². The Kier molecular flexibility index (Phi) is 5.96. The van der Waals surface area contributed by atoms with Gasteiger partial charge in [0.15, 0.2) is 0 Å². The van der Waals surface area contributed by atoms with Crippen LogP contribution >= 0.6 is 39.1 Å². The first kappa shape index (κ1) is 17.5. The van der Waals surface area contributed by atoms with Gasteiger partial charge in [0.2, 0.25) is 10.0 Å². The molecule has 1 aromatic carbocycles. The second-order valence-electron chi connectivity index (χ2n) is 5.18. The Balaban J connectivity index is 2.24. The summed E-state index contributed by atoms with van der Waals surface area (Å²) in [6.07, 6.45) is 1.95. The van der Waals surface area contributed by atoms with E-state index in [0.29, 0.717) is 16.9 Å². The van der Waals surface area contributed by atoms with Crippen LogP contribution in [0.15, 0.2) is 21.5 Å². The summed E-state index contributed by atoms with van der Waals surface area (Å²) in [6.45, 7) is 2.34. The van der Waals surface area contributed by atoms with E-state index in [1.165, 1.54) is 4.31 Å². The predicted molar refractivity (Wildman–Crippen MR) is 89.6 cm³/mol. The molecule has 1 aliphatic heterocycles. The molecular weight excluding hydrogens is 399 g/mol. The third-order valence-corrected chi connectivity index (χ3v) is 6.81. The lowest BCUT2D eigenvalue weighted by Gasteiger charge is -2.27. The van der Waals surface area contributed by atoms with Gasteiger partial charge in [-0.25, -0.2) is 12.7 Å². The minimum absolute atomic E-state index is 0.0227. The molecule has 0 aliphatic carbocycles. The lowest BCUT2D eigenvalue weighted by Crippen LogP contribution is -2.37. The highest BCUT2D eigenvalue weighted by Crippen LogP contribution is 2.34. The molecule has 0 saturated carbocycles. The zero-order valence-electron chi connectivity index (χ0n) is 11.6. The molecule has 0 radical (unpaired) electrons. The van der Waals surface area contributed by atoms with Crippen LogP contribution in [0.5, 0.6) is 0 Å². The van der Waals surface area contributed by atoms with Crippen LogP contribution in [0.2, 0.25) is 10.0 Å². The summed E-state index contributed by atoms with van der Waals surface area (Å²) < 4.78 is 27.4. The lowest BCUT2D eigenvalue weighted by atomic mass is 9.98. The summed E-state index contributed by atoms with van der Waals surface area (Å²) in [7, 11) is -2.11. The number of sulfonamides is 1. The van der Waals surface area contributed by atoms with Gasteiger partial charge in [-0.05, 0) is 44.0 Å². The summed E-state index contributed by atoms with van der Waals surface area (Å²) in [4.78, 5) is -0.0227. The third kappa shape index (κ3) is 4.12. The Morgan fingerprint density at radius 1 is 1.29 bits per heavy atom. The first-order chi connectivity index (χ1) is 9.82. The van der Waals surface area contributed by atoms with Crippen LogP contribution in [0.3, 0.4) is 0 Å². The van der Waals surface area contributed by atoms with E-state index in [2.05, 4.69) is 21.2 Å². The number of nitrogens with one attached hydrogen (secondary N) is 1. The van der Waals surface area contributed by atoms with Crippen LogP contribution in [-0.4, -0.2) is 39.4 Å². The number of hydrogen-bond donors (Lipinski definition) is 1. The van der Waals surface area contributed by atoms with Crippen molar-refractivity contribution in [3.05, 3.63) is 26.7 Å². The highest BCUT2D eigenvalue weighted by Gasteiger charge is 2.29. The fraction of sp³-hybridized carbons (Fsp3) is 0.538. The van der Waals surface area contributed by atoms with Crippen LogP contribution in [-0.2, 0) is 10.0 Å². The smallest absolute Gasteiger partial charge is 0.245 e. The van der Waals surface area contributed by atoms with Gasteiger partial charge in [0.25, 0.3) is 0 Å². The van der Waals surface area contributed by atoms with Crippen LogP contribution in [0, 0.1) is 5.92 Å². The summed E-state index contributed by atoms with van der Waals surface area (Å²) in [5.74, 6) is 0.360. The maximum Gasteiger partial charge on any atom is 0.245 e. The van der Waals surface area contributed by atoms with E-state index in [9.17, 15) is 8.42 Å². The Hall–Kier alpha value is 0.150. The first-order valence-corrected chi connectivity index (χ1v) is 9.63. The number of hydrogen-bond acceptors (Lipinski definition) is 3. The molecule has 118 valence electrons. The molecule has 1 saturated heterocycles. The summed E-state index contributed by atoms with van der Waals surface area (Å²) in [5.41, 5.74) is 0. The van der Waals surface area contributed by atoms with Crippen molar-refractivity contribution in [2.24, 2.45) is 5.92 Å². The van der Waals surface area contributed by atoms with Crippen LogP contribution in [0.1, 0.15) is 12.8 Å². The number of nitrogens with zero attached hydrogens (tertiary/aromatic N) is 1. The number of halogens is 3. The van der Waals surface area contributed by atoms with E-state index < -0.39 is 10.0 Å². The highest BCUT2D eigenvalue weighted by atomic mass is 79.9. The SMILES string of the molecule is CN(CC1CCNCC1)S(=O)(=O)c1c(Cl)cc(Br)cc1Cl. The quantitative estimate of drug-likeness (QED) is 0.819. The maximum atomic E-state index is 12.7. The molecule has 1 heterocycles. The summed E-state index contributed by atoms with van der Waals surface area (Å²) >= 11 is 15.4. The van der Waals surface area contributed by atoms with Gasteiger partial charge >= 0.3 is 0 Å². The van der Waals surface area contributed by atoms with Crippen molar-refractivity contribution in [3.63, 3.8) is 0 Å². The largest absolute Gasteiger partial charge is 0.317 e. The molecule has 1 aliphatic rings. The molecule has 0 amide bonds. The van der Waals surface area contributed by atoms with Gasteiger partial charge in [-0.15, -0.1) is 0 Å². The number of piperidine rings is 1. The molecular formula is C13H17BrCl2N2O2S. The van der Waals surface area contributed by atoms with Crippen molar-refractivity contribution in [1.29, 1.82) is 0 Å². The van der Waals surface area contributed by atoms with Gasteiger partial charge in [0.05, 0.1) is 10.0 Å². The summed E-state index contributed by atoms with van der Waals surface area (Å²) in [5, 5.41) is 3.53. The Bertz CT molecular complexity index is 596. The molecule has 0 atom stereocenters. The Morgan fingerprint density at radius 2 is 1.81 bits per heavy atom. The molecule has 1 aromatic rings. The predicted octanol–water partition coefficient (Wildman–Crippen LogP) is 3.38. The van der Waals surface area contributed by atoms with Crippen LogP contribution < -0.4 is 5.32 Å². The molecule has 0 spiro atoms. The highest BCUT2D eigenvalue weighted by molar-refractivity contribution is 9.10. The Morgan fingerprint density at radius 3 is 2.33 bits per heavy atom. The number of benzene rings is 1. The second-order valence-corrected chi connectivity index (χ2v) is 8.89. The molecule has 1 N–H and O–H groups in total. The van der Waals surface area contributed by atoms with E-state index in [-0.39, 0.29) is 14.9 Å². The Labute approximate surface area is 144 Å². The van der Waals surface area contributed by atoms with Crippen LogP contribution in [0.4, 0.5) is 0 Å². The van der Waals surface area contributed by atoms with E-state index in [0.717, 1.165) is 25.9 Å². The van der Waals surface area contributed by atoms with E-state index >= 15 is 0 Å². The zero-order valence-corrected chi connectivity index (χ0v) is 15.5. The molecule has 2 rings (SSSR count). The van der Waals surface area contributed by atoms with Gasteiger partial charge in [0.1, 0.15) is 4.90 Å². The average Bonchev–Trinajstić information content (AvgIpc) is 2.38. The first-order valence-electron chi connectivity index (χ1n) is 6.64. The standard InChI is InChI=1S/C13H17BrCl2N2O2S/c1-18(8-9-2-4-17-5-3-9)21(19,20)13-11(15)6-10(14)7-12(13)16/h6-7,9,17H,2-5,8H2,1H3. The van der Waals surface area contributed by atoms with E-state index in [1.807, 2.05) is 0 Å². The maximum absolute atomic E-state index is 12.7. The van der Waals surface area contributed by atoms with E-state index in [1.54, 1.807) is 19.2 Å².